The molecule has 0 spiro atoms. The van der Waals surface area contributed by atoms with Crippen LogP contribution in [0.5, 0.6) is 17.2 Å². The molecule has 0 aliphatic carbocycles. The van der Waals surface area contributed by atoms with Crippen molar-refractivity contribution >= 4 is 11.8 Å². The Bertz CT molecular complexity index is 998. The van der Waals surface area contributed by atoms with Gasteiger partial charge in [-0.1, -0.05) is 60.8 Å². The Balaban J connectivity index is 1.61. The number of benzene rings is 3. The minimum absolute atomic E-state index is 0.801. The summed E-state index contributed by atoms with van der Waals surface area (Å²) in [5.74, 6) is 2.46. The Labute approximate surface area is 177 Å². The van der Waals surface area contributed by atoms with Crippen LogP contribution in [-0.2, 0) is 0 Å². The molecule has 0 N–H and O–H groups in total. The molecule has 29 heavy (non-hydrogen) atoms. The highest BCUT2D eigenvalue weighted by molar-refractivity contribution is 8.03. The Hall–Kier alpha value is -3.17. The van der Waals surface area contributed by atoms with Crippen LogP contribution in [0, 0.1) is 0 Å². The molecule has 0 radical (unpaired) electrons. The summed E-state index contributed by atoms with van der Waals surface area (Å²) in [5, 5.41) is 0. The van der Waals surface area contributed by atoms with Crippen molar-refractivity contribution in [2.45, 2.75) is 11.8 Å². The zero-order valence-electron chi connectivity index (χ0n) is 16.7. The second kappa shape index (κ2) is 9.85. The Morgan fingerprint density at radius 3 is 1.69 bits per heavy atom. The smallest absolute Gasteiger partial charge is 0.127 e. The van der Waals surface area contributed by atoms with Crippen molar-refractivity contribution in [1.82, 2.24) is 0 Å². The quantitative estimate of drug-likeness (QED) is 0.283. The monoisotopic (exact) mass is 400 g/mol. The third-order valence-corrected chi connectivity index (χ3v) is 5.05. The average molecular weight is 401 g/mol. The van der Waals surface area contributed by atoms with Crippen molar-refractivity contribution in [1.29, 1.82) is 0 Å². The van der Waals surface area contributed by atoms with E-state index in [9.17, 15) is 0 Å². The van der Waals surface area contributed by atoms with E-state index in [2.05, 4.69) is 25.3 Å². The van der Waals surface area contributed by atoms with Gasteiger partial charge < -0.3 is 9.47 Å². The van der Waals surface area contributed by atoms with Gasteiger partial charge in [-0.2, -0.15) is 0 Å². The molecular weight excluding hydrogens is 376 g/mol. The van der Waals surface area contributed by atoms with E-state index in [1.165, 1.54) is 0 Å². The lowest BCUT2D eigenvalue weighted by molar-refractivity contribution is 0.415. The van der Waals surface area contributed by atoms with Crippen molar-refractivity contribution < 1.29 is 9.47 Å². The first kappa shape index (κ1) is 20.6. The van der Waals surface area contributed by atoms with E-state index in [1.807, 2.05) is 79.7 Å². The zero-order chi connectivity index (χ0) is 20.6. The van der Waals surface area contributed by atoms with E-state index in [1.54, 1.807) is 18.9 Å². The van der Waals surface area contributed by atoms with Gasteiger partial charge in [0.2, 0.25) is 0 Å². The molecule has 2 nitrogen and oxygen atoms in total. The van der Waals surface area contributed by atoms with E-state index in [4.69, 9.17) is 9.47 Å². The van der Waals surface area contributed by atoms with Crippen LogP contribution < -0.4 is 9.47 Å². The lowest BCUT2D eigenvalue weighted by Crippen LogP contribution is -1.85. The molecule has 0 aliphatic heterocycles. The van der Waals surface area contributed by atoms with Crippen LogP contribution in [0.25, 0.3) is 11.1 Å². The summed E-state index contributed by atoms with van der Waals surface area (Å²) in [4.78, 5) is 2.08. The largest absolute Gasteiger partial charge is 0.497 e. The molecule has 0 aliphatic rings. The Kier molecular flexibility index (Phi) is 6.99. The van der Waals surface area contributed by atoms with E-state index < -0.39 is 0 Å². The molecule has 0 atom stereocenters. The van der Waals surface area contributed by atoms with Crippen molar-refractivity contribution in [3.05, 3.63) is 109 Å². The first-order chi connectivity index (χ1) is 14.0. The maximum absolute atomic E-state index is 5.97. The van der Waals surface area contributed by atoms with E-state index in [0.717, 1.165) is 43.7 Å². The summed E-state index contributed by atoms with van der Waals surface area (Å²) < 4.78 is 11.2. The van der Waals surface area contributed by atoms with Crippen LogP contribution in [0.15, 0.2) is 113 Å². The lowest BCUT2D eigenvalue weighted by atomic mass is 10.1. The first-order valence-electron chi connectivity index (χ1n) is 9.26. The summed E-state index contributed by atoms with van der Waals surface area (Å²) in [6.07, 6.45) is 3.93. The third kappa shape index (κ3) is 6.16. The molecule has 0 saturated heterocycles. The summed E-state index contributed by atoms with van der Waals surface area (Å²) in [7, 11) is 1.67. The predicted molar refractivity (Wildman–Crippen MR) is 124 cm³/mol. The fraction of sp³-hybridized carbons (Fsp3) is 0.0769. The molecule has 0 bridgehead atoms. The SMILES string of the molecule is C=C(C)/C=C\C(=C)Sc1ccc(Oc2ccc(-c3ccc(OC)cc3)cc2)cc1. The van der Waals surface area contributed by atoms with Crippen molar-refractivity contribution in [2.75, 3.05) is 7.11 Å². The zero-order valence-corrected chi connectivity index (χ0v) is 17.5. The maximum atomic E-state index is 5.97. The van der Waals surface area contributed by atoms with E-state index >= 15 is 0 Å². The highest BCUT2D eigenvalue weighted by Crippen LogP contribution is 2.30. The van der Waals surface area contributed by atoms with Crippen molar-refractivity contribution in [3.63, 3.8) is 0 Å². The van der Waals surface area contributed by atoms with Gasteiger partial charge in [-0.3, -0.25) is 0 Å². The molecule has 0 amide bonds. The minimum Gasteiger partial charge on any atom is -0.497 e. The molecule has 3 aromatic carbocycles. The van der Waals surface area contributed by atoms with Crippen LogP contribution in [-0.4, -0.2) is 7.11 Å². The maximum Gasteiger partial charge on any atom is 0.127 e. The van der Waals surface area contributed by atoms with Crippen LogP contribution in [0.2, 0.25) is 0 Å². The number of rotatable bonds is 8. The molecule has 146 valence electrons. The molecule has 0 unspecified atom stereocenters. The minimum atomic E-state index is 0.801. The lowest BCUT2D eigenvalue weighted by Gasteiger charge is -2.08. The van der Waals surface area contributed by atoms with Gasteiger partial charge in [-0.15, -0.1) is 0 Å². The molecule has 0 aromatic heterocycles. The molecule has 0 fully saturated rings. The van der Waals surface area contributed by atoms with Gasteiger partial charge >= 0.3 is 0 Å². The van der Waals surface area contributed by atoms with Gasteiger partial charge in [-0.25, -0.2) is 0 Å². The van der Waals surface area contributed by atoms with Crippen molar-refractivity contribution in [2.24, 2.45) is 0 Å². The van der Waals surface area contributed by atoms with Crippen LogP contribution >= 0.6 is 11.8 Å². The molecule has 0 heterocycles. The highest BCUT2D eigenvalue weighted by atomic mass is 32.2. The van der Waals surface area contributed by atoms with Gasteiger partial charge in [-0.05, 0) is 72.7 Å². The second-order valence-electron chi connectivity index (χ2n) is 6.57. The standard InChI is InChI=1S/C26H24O2S/c1-19(2)5-6-20(3)29-26-17-15-25(16-18-26)28-24-13-9-22(10-14-24)21-7-11-23(27-4)12-8-21/h5-18H,1,3H2,2,4H3/b6-5-. The first-order valence-corrected chi connectivity index (χ1v) is 10.1. The Morgan fingerprint density at radius 2 is 1.21 bits per heavy atom. The highest BCUT2D eigenvalue weighted by Gasteiger charge is 2.02. The molecule has 0 saturated carbocycles. The summed E-state index contributed by atoms with van der Waals surface area (Å²) in [6.45, 7) is 9.87. The number of ether oxygens (including phenoxy) is 2. The third-order valence-electron chi connectivity index (χ3n) is 4.14. The average Bonchev–Trinajstić information content (AvgIpc) is 2.74. The number of methoxy groups -OCH3 is 1. The number of hydrogen-bond acceptors (Lipinski definition) is 3. The molecular formula is C26H24O2S. The number of thioether (sulfide) groups is 1. The van der Waals surface area contributed by atoms with E-state index in [-0.39, 0.29) is 0 Å². The number of hydrogen-bond donors (Lipinski definition) is 0. The van der Waals surface area contributed by atoms with Gasteiger partial charge in [0.25, 0.3) is 0 Å². The molecule has 3 heteroatoms. The van der Waals surface area contributed by atoms with Crippen LogP contribution in [0.3, 0.4) is 0 Å². The van der Waals surface area contributed by atoms with Gasteiger partial charge in [0, 0.05) is 9.80 Å². The topological polar surface area (TPSA) is 18.5 Å². The molecule has 3 rings (SSSR count). The summed E-state index contributed by atoms with van der Waals surface area (Å²) in [6, 6.07) is 24.1. The predicted octanol–water partition coefficient (Wildman–Crippen LogP) is 7.89. The van der Waals surface area contributed by atoms with Crippen LogP contribution in [0.1, 0.15) is 6.92 Å². The van der Waals surface area contributed by atoms with Crippen molar-refractivity contribution in [3.8, 4) is 28.4 Å². The molecule has 3 aromatic rings. The van der Waals surface area contributed by atoms with Gasteiger partial charge in [0.1, 0.15) is 17.2 Å². The number of allylic oxidation sites excluding steroid dienone is 3. The van der Waals surface area contributed by atoms with Crippen LogP contribution in [0.4, 0.5) is 0 Å². The fourth-order valence-electron chi connectivity index (χ4n) is 2.63. The Morgan fingerprint density at radius 1 is 0.724 bits per heavy atom. The normalized spacial score (nSPS) is 10.7. The summed E-state index contributed by atoms with van der Waals surface area (Å²) >= 11 is 1.62. The second-order valence-corrected chi connectivity index (χ2v) is 7.77. The van der Waals surface area contributed by atoms with Gasteiger partial charge in [0.15, 0.2) is 0 Å². The fourth-order valence-corrected chi connectivity index (χ4v) is 3.34. The van der Waals surface area contributed by atoms with Gasteiger partial charge in [0.05, 0.1) is 7.11 Å². The summed E-state index contributed by atoms with van der Waals surface area (Å²) in [5.41, 5.74) is 3.28. The van der Waals surface area contributed by atoms with E-state index in [0.29, 0.717) is 0 Å².